The Bertz CT molecular complexity index is 1210. The van der Waals surface area contributed by atoms with Gasteiger partial charge in [0.25, 0.3) is 11.5 Å². The first-order valence-corrected chi connectivity index (χ1v) is 9.07. The zero-order valence-electron chi connectivity index (χ0n) is 14.4. The lowest BCUT2D eigenvalue weighted by molar-refractivity contribution is 0.0954. The number of fused-ring (bicyclic) bond motifs is 2. The number of thiophene rings is 1. The molecule has 130 valence electrons. The van der Waals surface area contributed by atoms with E-state index in [0.717, 1.165) is 10.9 Å². The number of aryl methyl sites for hydroxylation is 2. The second kappa shape index (κ2) is 6.38. The largest absolute Gasteiger partial charge is 0.347 e. The first kappa shape index (κ1) is 16.5. The van der Waals surface area contributed by atoms with E-state index in [0.29, 0.717) is 27.2 Å². The van der Waals surface area contributed by atoms with Gasteiger partial charge < -0.3 is 9.88 Å². The van der Waals surface area contributed by atoms with Gasteiger partial charge in [0.05, 0.1) is 16.6 Å². The lowest BCUT2D eigenvalue weighted by Gasteiger charge is -2.06. The summed E-state index contributed by atoms with van der Waals surface area (Å²) >= 11 is 1.26. The molecule has 0 spiro atoms. The fourth-order valence-electron chi connectivity index (χ4n) is 3.04. The Labute approximate surface area is 153 Å². The average Bonchev–Trinajstić information content (AvgIpc) is 3.00. The van der Waals surface area contributed by atoms with Crippen LogP contribution in [-0.4, -0.2) is 15.5 Å². The van der Waals surface area contributed by atoms with Gasteiger partial charge in [-0.25, -0.2) is 4.98 Å². The lowest BCUT2D eigenvalue weighted by Crippen LogP contribution is -2.22. The van der Waals surface area contributed by atoms with Gasteiger partial charge in [-0.15, -0.1) is 11.3 Å². The number of carbonyl (C=O) groups is 1. The first-order valence-electron chi connectivity index (χ1n) is 8.25. The molecule has 0 radical (unpaired) electrons. The summed E-state index contributed by atoms with van der Waals surface area (Å²) in [5, 5.41) is 5.79. The van der Waals surface area contributed by atoms with Crippen LogP contribution < -0.4 is 10.9 Å². The van der Waals surface area contributed by atoms with Crippen molar-refractivity contribution in [3.8, 4) is 0 Å². The summed E-state index contributed by atoms with van der Waals surface area (Å²) in [5.41, 5.74) is 1.59. The molecule has 4 rings (SSSR count). The number of carbonyl (C=O) groups excluding carboxylic acids is 1. The third-order valence-corrected chi connectivity index (χ3v) is 5.68. The third-order valence-electron chi connectivity index (χ3n) is 4.48. The summed E-state index contributed by atoms with van der Waals surface area (Å²) < 4.78 is 1.43. The molecule has 6 heteroatoms. The van der Waals surface area contributed by atoms with Crippen LogP contribution in [0.4, 0.5) is 0 Å². The topological polar surface area (TPSA) is 64.0 Å². The molecule has 0 atom stereocenters. The predicted octanol–water partition coefficient (Wildman–Crippen LogP) is 3.39. The fraction of sp³-hybridized carbons (Fsp3) is 0.150. The lowest BCUT2D eigenvalue weighted by atomic mass is 10.1. The van der Waals surface area contributed by atoms with Crippen LogP contribution in [0.1, 0.15) is 20.8 Å². The molecule has 1 amide bonds. The normalized spacial score (nSPS) is 11.2. The number of benzene rings is 2. The summed E-state index contributed by atoms with van der Waals surface area (Å²) in [7, 11) is 1.66. The van der Waals surface area contributed by atoms with E-state index in [1.165, 1.54) is 27.6 Å². The molecule has 0 aliphatic heterocycles. The zero-order chi connectivity index (χ0) is 18.3. The molecule has 5 nitrogen and oxygen atoms in total. The molecule has 0 unspecified atom stereocenters. The van der Waals surface area contributed by atoms with Crippen LogP contribution in [0.3, 0.4) is 0 Å². The van der Waals surface area contributed by atoms with E-state index in [1.54, 1.807) is 14.0 Å². The minimum atomic E-state index is -0.180. The van der Waals surface area contributed by atoms with Gasteiger partial charge in [-0.05, 0) is 34.9 Å². The molecular formula is C20H17N3O2S. The smallest absolute Gasteiger partial charge is 0.262 e. The highest BCUT2D eigenvalue weighted by molar-refractivity contribution is 7.20. The van der Waals surface area contributed by atoms with E-state index in [-0.39, 0.29) is 11.5 Å². The van der Waals surface area contributed by atoms with Gasteiger partial charge >= 0.3 is 0 Å². The molecular weight excluding hydrogens is 346 g/mol. The Kier molecular flexibility index (Phi) is 4.05. The van der Waals surface area contributed by atoms with Crippen molar-refractivity contribution in [1.29, 1.82) is 0 Å². The summed E-state index contributed by atoms with van der Waals surface area (Å²) in [6.07, 6.45) is 1.48. The summed E-state index contributed by atoms with van der Waals surface area (Å²) in [6.45, 7) is 2.23. The van der Waals surface area contributed by atoms with Crippen molar-refractivity contribution in [2.24, 2.45) is 7.05 Å². The molecule has 0 saturated carbocycles. The number of hydrogen-bond acceptors (Lipinski definition) is 4. The second-order valence-electron chi connectivity index (χ2n) is 6.26. The van der Waals surface area contributed by atoms with E-state index in [4.69, 9.17) is 0 Å². The zero-order valence-corrected chi connectivity index (χ0v) is 15.3. The number of nitrogens with zero attached hydrogens (tertiary/aromatic N) is 2. The molecule has 1 N–H and O–H groups in total. The molecule has 0 fully saturated rings. The van der Waals surface area contributed by atoms with Gasteiger partial charge in [0.15, 0.2) is 0 Å². The SMILES string of the molecule is Cc1c(C(=O)NCc2ccc3ccccc3c2)sc2ncn(C)c(=O)c12. The number of aromatic nitrogens is 2. The number of rotatable bonds is 3. The van der Waals surface area contributed by atoms with Crippen LogP contribution in [-0.2, 0) is 13.6 Å². The Balaban J connectivity index is 1.60. The Morgan fingerprint density at radius 1 is 1.19 bits per heavy atom. The van der Waals surface area contributed by atoms with Gasteiger partial charge in [0, 0.05) is 13.6 Å². The molecule has 0 aliphatic carbocycles. The van der Waals surface area contributed by atoms with Gasteiger partial charge in [-0.1, -0.05) is 36.4 Å². The standard InChI is InChI=1S/C20H17N3O2S/c1-12-16-19(22-11-23(2)20(16)25)26-17(12)18(24)21-10-13-7-8-14-5-3-4-6-15(14)9-13/h3-9,11H,10H2,1-2H3,(H,21,24). The Hall–Kier alpha value is -2.99. The van der Waals surface area contributed by atoms with Crippen LogP contribution in [0, 0.1) is 6.92 Å². The van der Waals surface area contributed by atoms with Crippen LogP contribution in [0.2, 0.25) is 0 Å². The van der Waals surface area contributed by atoms with E-state index >= 15 is 0 Å². The molecule has 2 heterocycles. The summed E-state index contributed by atoms with van der Waals surface area (Å²) in [6, 6.07) is 14.3. The quantitative estimate of drug-likeness (QED) is 0.607. The van der Waals surface area contributed by atoms with Gasteiger partial charge in [-0.3, -0.25) is 9.59 Å². The molecule has 2 aromatic carbocycles. The molecule has 0 bridgehead atoms. The van der Waals surface area contributed by atoms with E-state index in [1.807, 2.05) is 18.2 Å². The minimum absolute atomic E-state index is 0.127. The maximum Gasteiger partial charge on any atom is 0.262 e. The minimum Gasteiger partial charge on any atom is -0.347 e. The predicted molar refractivity (Wildman–Crippen MR) is 105 cm³/mol. The summed E-state index contributed by atoms with van der Waals surface area (Å²) in [5.74, 6) is -0.180. The molecule has 26 heavy (non-hydrogen) atoms. The maximum atomic E-state index is 12.6. The maximum absolute atomic E-state index is 12.6. The van der Waals surface area contributed by atoms with Crippen LogP contribution in [0.15, 0.2) is 53.6 Å². The number of hydrogen-bond donors (Lipinski definition) is 1. The van der Waals surface area contributed by atoms with E-state index in [2.05, 4.69) is 34.6 Å². The average molecular weight is 363 g/mol. The van der Waals surface area contributed by atoms with Crippen molar-refractivity contribution in [2.75, 3.05) is 0 Å². The molecule has 0 saturated heterocycles. The highest BCUT2D eigenvalue weighted by Gasteiger charge is 2.18. The van der Waals surface area contributed by atoms with E-state index in [9.17, 15) is 9.59 Å². The van der Waals surface area contributed by atoms with Gasteiger partial charge in [-0.2, -0.15) is 0 Å². The Morgan fingerprint density at radius 3 is 2.77 bits per heavy atom. The van der Waals surface area contributed by atoms with Crippen molar-refractivity contribution in [3.05, 3.63) is 75.1 Å². The van der Waals surface area contributed by atoms with Crippen LogP contribution in [0.25, 0.3) is 21.0 Å². The van der Waals surface area contributed by atoms with Gasteiger partial charge in [0.1, 0.15) is 4.83 Å². The molecule has 4 aromatic rings. The fourth-order valence-corrected chi connectivity index (χ4v) is 4.09. The Morgan fingerprint density at radius 2 is 1.96 bits per heavy atom. The number of amides is 1. The summed E-state index contributed by atoms with van der Waals surface area (Å²) in [4.78, 5) is 30.3. The highest BCUT2D eigenvalue weighted by atomic mass is 32.1. The second-order valence-corrected chi connectivity index (χ2v) is 7.26. The van der Waals surface area contributed by atoms with Crippen LogP contribution >= 0.6 is 11.3 Å². The first-order chi connectivity index (χ1) is 12.5. The number of nitrogens with one attached hydrogen (secondary N) is 1. The van der Waals surface area contributed by atoms with Crippen molar-refractivity contribution in [2.45, 2.75) is 13.5 Å². The monoisotopic (exact) mass is 363 g/mol. The van der Waals surface area contributed by atoms with Crippen molar-refractivity contribution in [1.82, 2.24) is 14.9 Å². The molecule has 0 aliphatic rings. The van der Waals surface area contributed by atoms with Crippen molar-refractivity contribution < 1.29 is 4.79 Å². The van der Waals surface area contributed by atoms with Crippen LogP contribution in [0.5, 0.6) is 0 Å². The molecule has 2 aromatic heterocycles. The van der Waals surface area contributed by atoms with Crippen molar-refractivity contribution in [3.63, 3.8) is 0 Å². The van der Waals surface area contributed by atoms with E-state index < -0.39 is 0 Å². The highest BCUT2D eigenvalue weighted by Crippen LogP contribution is 2.26. The third kappa shape index (κ3) is 2.78. The van der Waals surface area contributed by atoms with Gasteiger partial charge in [0.2, 0.25) is 0 Å². The van der Waals surface area contributed by atoms with Crippen molar-refractivity contribution >= 4 is 38.2 Å².